The fourth-order valence-corrected chi connectivity index (χ4v) is 6.96. The van der Waals surface area contributed by atoms with E-state index in [0.29, 0.717) is 25.8 Å². The maximum Gasteiger partial charge on any atom is 0.410 e. The molecule has 2 heterocycles. The minimum absolute atomic E-state index is 0.00245. The van der Waals surface area contributed by atoms with Crippen LogP contribution in [0.2, 0.25) is 0 Å². The number of aryl methyl sites for hydroxylation is 2. The van der Waals surface area contributed by atoms with E-state index in [4.69, 9.17) is 4.74 Å². The van der Waals surface area contributed by atoms with Crippen molar-refractivity contribution in [1.29, 1.82) is 0 Å². The molecule has 2 atom stereocenters. The van der Waals surface area contributed by atoms with Gasteiger partial charge in [-0.25, -0.2) is 31.1 Å². The first kappa shape index (κ1) is 34.6. The molecule has 3 aromatic carbocycles. The van der Waals surface area contributed by atoms with Crippen LogP contribution >= 0.6 is 0 Å². The Kier molecular flexibility index (Phi) is 11.5. The van der Waals surface area contributed by atoms with Crippen LogP contribution < -0.4 is 14.8 Å². The molecule has 0 unspecified atom stereocenters. The van der Waals surface area contributed by atoms with Crippen LogP contribution in [0.3, 0.4) is 0 Å². The van der Waals surface area contributed by atoms with Gasteiger partial charge in [0.2, 0.25) is 0 Å². The first-order chi connectivity index (χ1) is 21.9. The van der Waals surface area contributed by atoms with Crippen molar-refractivity contribution in [3.8, 4) is 0 Å². The number of amides is 3. The lowest BCUT2D eigenvalue weighted by atomic mass is 10.2. The molecule has 3 aromatic rings. The summed E-state index contributed by atoms with van der Waals surface area (Å²) in [5.41, 5.74) is 2.71. The second kappa shape index (κ2) is 15.3. The minimum atomic E-state index is -4.00. The number of hydrogen-bond donors (Lipinski definition) is 3. The Hall–Kier alpha value is -4.27. The number of carbonyl (C=O) groups excluding carboxylic acids is 3. The van der Waals surface area contributed by atoms with Crippen LogP contribution in [-0.2, 0) is 41.0 Å². The second-order valence-electron chi connectivity index (χ2n) is 11.1. The molecule has 5 rings (SSSR count). The van der Waals surface area contributed by atoms with Gasteiger partial charge in [0.25, 0.3) is 31.9 Å². The molecular formula is C32H38N4O8S2. The molecule has 0 aliphatic carbocycles. The van der Waals surface area contributed by atoms with Crippen molar-refractivity contribution >= 4 is 38.0 Å². The number of nitrogens with one attached hydrogen (secondary N) is 3. The van der Waals surface area contributed by atoms with Crippen molar-refractivity contribution in [2.45, 2.75) is 68.0 Å². The molecular weight excluding hydrogens is 633 g/mol. The fraction of sp³-hybridized carbons (Fsp3) is 0.344. The zero-order chi connectivity index (χ0) is 33.3. The molecule has 0 aromatic heterocycles. The number of ether oxygens (including phenoxy) is 1. The number of hydrogen-bond acceptors (Lipinski definition) is 9. The summed E-state index contributed by atoms with van der Waals surface area (Å²) < 4.78 is 58.2. The van der Waals surface area contributed by atoms with E-state index >= 15 is 0 Å². The average molecular weight is 671 g/mol. The quantitative estimate of drug-likeness (QED) is 0.326. The molecule has 12 nitrogen and oxygen atoms in total. The third-order valence-electron chi connectivity index (χ3n) is 7.50. The van der Waals surface area contributed by atoms with Crippen LogP contribution in [0.4, 0.5) is 4.79 Å². The number of sulfonamides is 2. The summed E-state index contributed by atoms with van der Waals surface area (Å²) in [6.45, 7) is 4.90. The molecule has 2 aliphatic rings. The van der Waals surface area contributed by atoms with Gasteiger partial charge in [0.15, 0.2) is 0 Å². The van der Waals surface area contributed by atoms with E-state index in [1.165, 1.54) is 29.2 Å². The minimum Gasteiger partial charge on any atom is -0.445 e. The molecule has 0 saturated carbocycles. The molecule has 0 spiro atoms. The van der Waals surface area contributed by atoms with Gasteiger partial charge in [-0.05, 0) is 75.9 Å². The third kappa shape index (κ3) is 9.37. The number of nitrogens with zero attached hydrogens (tertiary/aromatic N) is 1. The maximum absolute atomic E-state index is 12.6. The molecule has 3 N–H and O–H groups in total. The molecule has 246 valence electrons. The predicted molar refractivity (Wildman–Crippen MR) is 170 cm³/mol. The number of rotatable bonds is 8. The Morgan fingerprint density at radius 3 is 1.83 bits per heavy atom. The van der Waals surface area contributed by atoms with Crippen LogP contribution in [-0.4, -0.2) is 64.8 Å². The van der Waals surface area contributed by atoms with Gasteiger partial charge < -0.3 is 10.1 Å². The van der Waals surface area contributed by atoms with Gasteiger partial charge in [-0.15, -0.1) is 0 Å². The molecule has 2 saturated heterocycles. The largest absolute Gasteiger partial charge is 0.445 e. The van der Waals surface area contributed by atoms with Crippen molar-refractivity contribution in [3.63, 3.8) is 0 Å². The Labute approximate surface area is 269 Å². The van der Waals surface area contributed by atoms with Gasteiger partial charge in [-0.2, -0.15) is 0 Å². The fourth-order valence-electron chi connectivity index (χ4n) is 4.93. The summed E-state index contributed by atoms with van der Waals surface area (Å²) in [5, 5.41) is 2.96. The van der Waals surface area contributed by atoms with Crippen LogP contribution in [0.15, 0.2) is 88.7 Å². The lowest BCUT2D eigenvalue weighted by molar-refractivity contribution is -0.123. The highest BCUT2D eigenvalue weighted by Crippen LogP contribution is 2.20. The van der Waals surface area contributed by atoms with Crippen molar-refractivity contribution in [2.24, 2.45) is 0 Å². The van der Waals surface area contributed by atoms with Crippen LogP contribution in [0.5, 0.6) is 0 Å². The predicted octanol–water partition coefficient (Wildman–Crippen LogP) is 3.15. The Bertz CT molecular complexity index is 1720. The molecule has 46 heavy (non-hydrogen) atoms. The second-order valence-corrected chi connectivity index (χ2v) is 14.5. The summed E-state index contributed by atoms with van der Waals surface area (Å²) in [4.78, 5) is 38.1. The van der Waals surface area contributed by atoms with Crippen molar-refractivity contribution in [2.75, 3.05) is 13.1 Å². The van der Waals surface area contributed by atoms with Crippen LogP contribution in [0.1, 0.15) is 42.4 Å². The van der Waals surface area contributed by atoms with Crippen LogP contribution in [0.25, 0.3) is 0 Å². The Morgan fingerprint density at radius 2 is 1.30 bits per heavy atom. The standard InChI is InChI=1S/C20H22N2O5S.C12H16N2O3S/c1-15-9-11-17(12-10-15)28(25,26)21-19(23)18-8-5-13-22(18)20(24)27-14-16-6-3-2-4-7-16;1-9-4-6-10(7-5-9)18(16,17)14-12(15)11-3-2-8-13-11/h2-4,6-7,9-12,18H,5,8,13-14H2,1H3,(H,21,23);4-7,11,13H,2-3,8H2,1H3,(H,14,15)/t18-;11-/m00/s1. The zero-order valence-electron chi connectivity index (χ0n) is 25.6. The highest BCUT2D eigenvalue weighted by Gasteiger charge is 2.37. The summed E-state index contributed by atoms with van der Waals surface area (Å²) in [5.74, 6) is -1.21. The number of carbonyl (C=O) groups is 3. The lowest BCUT2D eigenvalue weighted by Crippen LogP contribution is -2.47. The van der Waals surface area contributed by atoms with E-state index in [-0.39, 0.29) is 16.4 Å². The summed E-state index contributed by atoms with van der Waals surface area (Å²) in [6.07, 6.45) is 1.92. The summed E-state index contributed by atoms with van der Waals surface area (Å²) in [7, 11) is -7.75. The molecule has 0 radical (unpaired) electrons. The molecule has 0 bridgehead atoms. The Morgan fingerprint density at radius 1 is 0.761 bits per heavy atom. The SMILES string of the molecule is Cc1ccc(S(=O)(=O)NC(=O)[C@@H]2CCCN2)cc1.Cc1ccc(S(=O)(=O)NC(=O)[C@@H]2CCCN2C(=O)OCc2ccccc2)cc1. The van der Waals surface area contributed by atoms with E-state index in [0.717, 1.165) is 29.7 Å². The van der Waals surface area contributed by atoms with E-state index in [9.17, 15) is 31.2 Å². The average Bonchev–Trinajstić information content (AvgIpc) is 3.74. The Balaban J connectivity index is 0.000000230. The zero-order valence-corrected chi connectivity index (χ0v) is 27.3. The lowest BCUT2D eigenvalue weighted by Gasteiger charge is -2.23. The van der Waals surface area contributed by atoms with Crippen molar-refractivity contribution < 1.29 is 36.0 Å². The van der Waals surface area contributed by atoms with Crippen molar-refractivity contribution in [3.05, 3.63) is 95.6 Å². The normalized spacial score (nSPS) is 17.8. The first-order valence-corrected chi connectivity index (χ1v) is 17.8. The van der Waals surface area contributed by atoms with Gasteiger partial charge >= 0.3 is 6.09 Å². The van der Waals surface area contributed by atoms with Gasteiger partial charge in [-0.1, -0.05) is 65.7 Å². The van der Waals surface area contributed by atoms with Gasteiger partial charge in [0.1, 0.15) is 12.6 Å². The van der Waals surface area contributed by atoms with E-state index in [1.54, 1.807) is 24.3 Å². The summed E-state index contributed by atoms with van der Waals surface area (Å²) >= 11 is 0. The molecule has 2 fully saturated rings. The third-order valence-corrected chi connectivity index (χ3v) is 10.2. The van der Waals surface area contributed by atoms with Gasteiger partial charge in [-0.3, -0.25) is 14.5 Å². The van der Waals surface area contributed by atoms with E-state index < -0.39 is 50.0 Å². The van der Waals surface area contributed by atoms with Crippen LogP contribution in [0, 0.1) is 13.8 Å². The molecule has 3 amide bonds. The molecule has 2 aliphatic heterocycles. The van der Waals surface area contributed by atoms with E-state index in [1.807, 2.05) is 44.2 Å². The van der Waals surface area contributed by atoms with Gasteiger partial charge in [0.05, 0.1) is 15.8 Å². The highest BCUT2D eigenvalue weighted by molar-refractivity contribution is 7.90. The monoisotopic (exact) mass is 670 g/mol. The maximum atomic E-state index is 12.6. The highest BCUT2D eigenvalue weighted by atomic mass is 32.2. The van der Waals surface area contributed by atoms with Gasteiger partial charge in [0, 0.05) is 6.54 Å². The summed E-state index contributed by atoms with van der Waals surface area (Å²) in [6, 6.07) is 20.5. The molecule has 14 heteroatoms. The number of likely N-dealkylation sites (tertiary alicyclic amines) is 1. The van der Waals surface area contributed by atoms with E-state index in [2.05, 4.69) is 14.8 Å². The van der Waals surface area contributed by atoms with Crippen molar-refractivity contribution in [1.82, 2.24) is 19.7 Å². The smallest absolute Gasteiger partial charge is 0.410 e. The topological polar surface area (TPSA) is 168 Å². The number of benzene rings is 3. The first-order valence-electron chi connectivity index (χ1n) is 14.8.